The highest BCUT2D eigenvalue weighted by Gasteiger charge is 2.38. The van der Waals surface area contributed by atoms with E-state index in [0.29, 0.717) is 10.0 Å². The molecule has 2 N–H and O–H groups in total. The largest absolute Gasteiger partial charge is 0.471 e. The molecule has 0 saturated carbocycles. The van der Waals surface area contributed by atoms with E-state index >= 15 is 0 Å². The van der Waals surface area contributed by atoms with Gasteiger partial charge in [-0.05, 0) is 48.9 Å². The molecule has 0 spiro atoms. The molecule has 0 fully saturated rings. The number of carbonyl (C=O) groups excluding carboxylic acids is 1. The van der Waals surface area contributed by atoms with Crippen molar-refractivity contribution < 1.29 is 26.4 Å². The number of halogens is 4. The van der Waals surface area contributed by atoms with Gasteiger partial charge in [-0.2, -0.15) is 31.5 Å². The molecule has 0 heterocycles. The first-order valence-electron chi connectivity index (χ1n) is 7.29. The number of hydrogen-bond donors (Lipinski definition) is 2. The van der Waals surface area contributed by atoms with Crippen LogP contribution in [0.5, 0.6) is 0 Å². The quantitative estimate of drug-likeness (QED) is 0.523. The fourth-order valence-electron chi connectivity index (χ4n) is 1.88. The molecule has 0 radical (unpaired) electrons. The van der Waals surface area contributed by atoms with Gasteiger partial charge in [0.05, 0.1) is 10.6 Å². The van der Waals surface area contributed by atoms with E-state index in [0.717, 1.165) is 0 Å². The van der Waals surface area contributed by atoms with Gasteiger partial charge in [-0.15, -0.1) is 0 Å². The summed E-state index contributed by atoms with van der Waals surface area (Å²) < 4.78 is 62.0. The summed E-state index contributed by atoms with van der Waals surface area (Å²) in [6.45, 7) is 1.47. The molecule has 2 rings (SSSR count). The molecule has 0 saturated heterocycles. The summed E-state index contributed by atoms with van der Waals surface area (Å²) in [4.78, 5) is 13.0. The third-order valence-electron chi connectivity index (χ3n) is 3.25. The van der Waals surface area contributed by atoms with E-state index in [1.54, 1.807) is 17.4 Å². The first-order valence-corrected chi connectivity index (χ1v) is 9.57. The Bertz CT molecular complexity index is 974. The fraction of sp³-hybridized carbons (Fsp3) is 0.125. The minimum absolute atomic E-state index is 0.00607. The number of nitrogens with zero attached hydrogens (tertiary/aromatic N) is 1. The van der Waals surface area contributed by atoms with Gasteiger partial charge in [-0.3, -0.25) is 4.79 Å². The van der Waals surface area contributed by atoms with Crippen LogP contribution in [0.4, 0.5) is 18.9 Å². The molecule has 2 aromatic rings. The molecule has 27 heavy (non-hydrogen) atoms. The Hall–Kier alpha value is -2.40. The molecule has 0 aliphatic heterocycles. The highest BCUT2D eigenvalue weighted by atomic mass is 79.9. The number of amides is 1. The van der Waals surface area contributed by atoms with Crippen LogP contribution >= 0.6 is 15.9 Å². The summed E-state index contributed by atoms with van der Waals surface area (Å²) in [5.41, 5.74) is 0.424. The number of alkyl halides is 3. The molecule has 1 amide bonds. The maximum absolute atomic E-state index is 12.3. The van der Waals surface area contributed by atoms with Crippen molar-refractivity contribution in [2.24, 2.45) is 5.10 Å². The molecule has 0 unspecified atom stereocenters. The van der Waals surface area contributed by atoms with Crippen LogP contribution in [0.1, 0.15) is 12.5 Å². The van der Waals surface area contributed by atoms with Gasteiger partial charge in [-0.1, -0.05) is 28.1 Å². The number of nitrogens with one attached hydrogen (secondary N) is 2. The van der Waals surface area contributed by atoms with Gasteiger partial charge in [0.2, 0.25) is 0 Å². The number of benzene rings is 2. The van der Waals surface area contributed by atoms with Crippen LogP contribution in [0.15, 0.2) is 63.0 Å². The van der Waals surface area contributed by atoms with E-state index in [1.165, 1.54) is 43.3 Å². The molecule has 0 aliphatic carbocycles. The van der Waals surface area contributed by atoms with Crippen LogP contribution in [-0.2, 0) is 14.8 Å². The lowest BCUT2D eigenvalue weighted by Crippen LogP contribution is -2.29. The fourth-order valence-corrected chi connectivity index (χ4v) is 3.00. The zero-order valence-corrected chi connectivity index (χ0v) is 16.1. The summed E-state index contributed by atoms with van der Waals surface area (Å²) in [6, 6.07) is 11.3. The monoisotopic (exact) mass is 463 g/mol. The Morgan fingerprint density at radius 2 is 1.74 bits per heavy atom. The van der Waals surface area contributed by atoms with Crippen molar-refractivity contribution in [2.45, 2.75) is 18.0 Å². The summed E-state index contributed by atoms with van der Waals surface area (Å²) in [5.74, 6) is -2.11. The summed E-state index contributed by atoms with van der Waals surface area (Å²) in [7, 11) is -3.91. The van der Waals surface area contributed by atoms with Crippen LogP contribution in [-0.4, -0.2) is 26.2 Å². The number of carbonyl (C=O) groups is 1. The first-order chi connectivity index (χ1) is 12.5. The van der Waals surface area contributed by atoms with E-state index in [2.05, 4.69) is 25.9 Å². The van der Waals surface area contributed by atoms with Crippen molar-refractivity contribution in [3.8, 4) is 0 Å². The van der Waals surface area contributed by atoms with Gasteiger partial charge in [0, 0.05) is 10.2 Å². The second-order valence-electron chi connectivity index (χ2n) is 5.28. The second kappa shape index (κ2) is 8.09. The van der Waals surface area contributed by atoms with Crippen molar-refractivity contribution in [3.05, 3.63) is 58.6 Å². The average Bonchev–Trinajstić information content (AvgIpc) is 2.59. The van der Waals surface area contributed by atoms with Crippen LogP contribution in [0.3, 0.4) is 0 Å². The van der Waals surface area contributed by atoms with Gasteiger partial charge in [0.1, 0.15) is 0 Å². The maximum Gasteiger partial charge on any atom is 0.471 e. The van der Waals surface area contributed by atoms with Crippen molar-refractivity contribution in [1.29, 1.82) is 0 Å². The van der Waals surface area contributed by atoms with E-state index in [-0.39, 0.29) is 16.3 Å². The predicted octanol–water partition coefficient (Wildman–Crippen LogP) is 3.65. The molecular weight excluding hydrogens is 451 g/mol. The lowest BCUT2D eigenvalue weighted by molar-refractivity contribution is -0.167. The van der Waals surface area contributed by atoms with E-state index < -0.39 is 22.1 Å². The zero-order chi connectivity index (χ0) is 20.2. The van der Waals surface area contributed by atoms with Crippen molar-refractivity contribution in [2.75, 3.05) is 5.32 Å². The Morgan fingerprint density at radius 3 is 2.33 bits per heavy atom. The van der Waals surface area contributed by atoms with Crippen molar-refractivity contribution in [1.82, 2.24) is 4.83 Å². The van der Waals surface area contributed by atoms with Crippen LogP contribution in [0, 0.1) is 0 Å². The molecule has 0 aromatic heterocycles. The van der Waals surface area contributed by atoms with Crippen molar-refractivity contribution in [3.63, 3.8) is 0 Å². The lowest BCUT2D eigenvalue weighted by Gasteiger charge is -2.10. The van der Waals surface area contributed by atoms with Gasteiger partial charge in [0.25, 0.3) is 10.0 Å². The number of rotatable bonds is 5. The molecule has 6 nitrogen and oxygen atoms in total. The van der Waals surface area contributed by atoms with Crippen molar-refractivity contribution >= 4 is 43.3 Å². The lowest BCUT2D eigenvalue weighted by atomic mass is 10.1. The third-order valence-corrected chi connectivity index (χ3v) is 5.01. The van der Waals surface area contributed by atoms with E-state index in [9.17, 15) is 26.4 Å². The van der Waals surface area contributed by atoms with Gasteiger partial charge in [-0.25, -0.2) is 0 Å². The standard InChI is InChI=1S/C16H13BrF3N3O3S/c1-10(22-23-27(25,26)14-7-5-12(17)6-8-14)11-3-2-4-13(9-11)21-15(24)16(18,19)20/h2-9,23H,1H3,(H,21,24)/b22-10+. The highest BCUT2D eigenvalue weighted by molar-refractivity contribution is 9.10. The minimum atomic E-state index is -5.01. The minimum Gasteiger partial charge on any atom is -0.318 e. The van der Waals surface area contributed by atoms with Gasteiger partial charge in [0.15, 0.2) is 0 Å². The third kappa shape index (κ3) is 5.79. The molecule has 2 aromatic carbocycles. The van der Waals surface area contributed by atoms with Gasteiger partial charge >= 0.3 is 12.1 Å². The molecule has 11 heteroatoms. The van der Waals surface area contributed by atoms with E-state index in [4.69, 9.17) is 0 Å². The Morgan fingerprint density at radius 1 is 1.11 bits per heavy atom. The Kier molecular flexibility index (Phi) is 6.26. The van der Waals surface area contributed by atoms with Crippen LogP contribution < -0.4 is 10.1 Å². The smallest absolute Gasteiger partial charge is 0.318 e. The SMILES string of the molecule is C/C(=N\NS(=O)(=O)c1ccc(Br)cc1)c1cccc(NC(=O)C(F)(F)F)c1. The van der Waals surface area contributed by atoms with Gasteiger partial charge < -0.3 is 5.32 Å². The average molecular weight is 464 g/mol. The first kappa shape index (κ1) is 20.9. The second-order valence-corrected chi connectivity index (χ2v) is 7.86. The maximum atomic E-state index is 12.3. The normalized spacial score (nSPS) is 12.6. The number of sulfonamides is 1. The van der Waals surface area contributed by atoms with Crippen LogP contribution in [0.2, 0.25) is 0 Å². The molecule has 0 bridgehead atoms. The number of hydrazone groups is 1. The Labute approximate surface area is 161 Å². The summed E-state index contributed by atoms with van der Waals surface area (Å²) in [6.07, 6.45) is -5.01. The number of anilines is 1. The predicted molar refractivity (Wildman–Crippen MR) is 97.8 cm³/mol. The topological polar surface area (TPSA) is 87.6 Å². The molecular formula is C16H13BrF3N3O3S. The molecule has 144 valence electrons. The Balaban J connectivity index is 2.17. The highest BCUT2D eigenvalue weighted by Crippen LogP contribution is 2.19. The summed E-state index contributed by atoms with van der Waals surface area (Å²) >= 11 is 3.20. The van der Waals surface area contributed by atoms with E-state index in [1.807, 2.05) is 0 Å². The summed E-state index contributed by atoms with van der Waals surface area (Å²) in [5, 5.41) is 5.48. The molecule has 0 atom stereocenters. The zero-order valence-electron chi connectivity index (χ0n) is 13.7. The molecule has 0 aliphatic rings. The number of hydrogen-bond acceptors (Lipinski definition) is 4. The van der Waals surface area contributed by atoms with Crippen LogP contribution in [0.25, 0.3) is 0 Å².